The lowest BCUT2D eigenvalue weighted by atomic mass is 10.0. The number of ether oxygens (including phenoxy) is 3. The summed E-state index contributed by atoms with van der Waals surface area (Å²) in [5.74, 6) is 0.923. The lowest BCUT2D eigenvalue weighted by Gasteiger charge is -2.26. The summed E-state index contributed by atoms with van der Waals surface area (Å²) in [5.41, 5.74) is 1.28. The number of carbonyl (C=O) groups excluding carboxylic acids is 1. The second-order valence-corrected chi connectivity index (χ2v) is 9.03. The van der Waals surface area contributed by atoms with Gasteiger partial charge in [0.2, 0.25) is 10.0 Å². The van der Waals surface area contributed by atoms with E-state index in [9.17, 15) is 13.2 Å². The van der Waals surface area contributed by atoms with Crippen molar-refractivity contribution in [2.75, 3.05) is 40.5 Å². The average molecular weight is 449 g/mol. The second-order valence-electron chi connectivity index (χ2n) is 7.09. The SMILES string of the molecule is CC[C@H](NC(=O)c1ccc(S(=O)(=O)N2CCOCC2)cc1)c1ccc(OC)c(OC)c1. The maximum Gasteiger partial charge on any atom is 0.251 e. The fraction of sp³-hybridized carbons (Fsp3) is 0.409. The van der Waals surface area contributed by atoms with Gasteiger partial charge in [0.25, 0.3) is 5.91 Å². The number of nitrogens with one attached hydrogen (secondary N) is 1. The third-order valence-electron chi connectivity index (χ3n) is 5.25. The molecule has 1 atom stereocenters. The monoisotopic (exact) mass is 448 g/mol. The zero-order chi connectivity index (χ0) is 22.4. The zero-order valence-corrected chi connectivity index (χ0v) is 18.8. The fourth-order valence-electron chi connectivity index (χ4n) is 3.45. The summed E-state index contributed by atoms with van der Waals surface area (Å²) >= 11 is 0. The quantitative estimate of drug-likeness (QED) is 0.667. The molecule has 1 saturated heterocycles. The van der Waals surface area contributed by atoms with Gasteiger partial charge in [0.15, 0.2) is 11.5 Å². The van der Waals surface area contributed by atoms with Gasteiger partial charge in [0.05, 0.1) is 38.4 Å². The van der Waals surface area contributed by atoms with Crippen molar-refractivity contribution >= 4 is 15.9 Å². The number of carbonyl (C=O) groups is 1. The Morgan fingerprint density at radius 3 is 2.29 bits per heavy atom. The first-order chi connectivity index (χ1) is 14.9. The van der Waals surface area contributed by atoms with Gasteiger partial charge in [0, 0.05) is 18.7 Å². The van der Waals surface area contributed by atoms with Crippen molar-refractivity contribution in [2.45, 2.75) is 24.3 Å². The number of sulfonamides is 1. The summed E-state index contributed by atoms with van der Waals surface area (Å²) in [6.07, 6.45) is 0.671. The highest BCUT2D eigenvalue weighted by molar-refractivity contribution is 7.89. The molecule has 1 N–H and O–H groups in total. The molecular weight excluding hydrogens is 420 g/mol. The van der Waals surface area contributed by atoms with Gasteiger partial charge >= 0.3 is 0 Å². The molecule has 1 amide bonds. The molecule has 0 aliphatic carbocycles. The van der Waals surface area contributed by atoms with Crippen LogP contribution in [-0.2, 0) is 14.8 Å². The van der Waals surface area contributed by atoms with Gasteiger partial charge in [-0.3, -0.25) is 4.79 Å². The van der Waals surface area contributed by atoms with Gasteiger partial charge in [-0.15, -0.1) is 0 Å². The Balaban J connectivity index is 1.73. The smallest absolute Gasteiger partial charge is 0.251 e. The molecule has 31 heavy (non-hydrogen) atoms. The van der Waals surface area contributed by atoms with E-state index in [4.69, 9.17) is 14.2 Å². The second kappa shape index (κ2) is 10.1. The Labute approximate surface area is 183 Å². The molecule has 3 rings (SSSR count). The van der Waals surface area contributed by atoms with Crippen LogP contribution in [0.3, 0.4) is 0 Å². The Morgan fingerprint density at radius 1 is 1.06 bits per heavy atom. The number of nitrogens with zero attached hydrogens (tertiary/aromatic N) is 1. The Bertz CT molecular complexity index is 1000. The predicted molar refractivity (Wildman–Crippen MR) is 116 cm³/mol. The molecule has 1 aliphatic rings. The molecule has 0 saturated carbocycles. The third-order valence-corrected chi connectivity index (χ3v) is 7.16. The van der Waals surface area contributed by atoms with E-state index < -0.39 is 10.0 Å². The molecule has 168 valence electrons. The van der Waals surface area contributed by atoms with Crippen molar-refractivity contribution in [1.29, 1.82) is 0 Å². The third kappa shape index (κ3) is 5.17. The van der Waals surface area contributed by atoms with Crippen molar-refractivity contribution in [3.8, 4) is 11.5 Å². The van der Waals surface area contributed by atoms with Crippen LogP contribution in [0.4, 0.5) is 0 Å². The van der Waals surface area contributed by atoms with Crippen molar-refractivity contribution in [1.82, 2.24) is 9.62 Å². The molecule has 9 heteroatoms. The normalized spacial score (nSPS) is 15.8. The van der Waals surface area contributed by atoms with Crippen molar-refractivity contribution in [3.63, 3.8) is 0 Å². The first kappa shape index (κ1) is 23.1. The van der Waals surface area contributed by atoms with Crippen LogP contribution >= 0.6 is 0 Å². The highest BCUT2D eigenvalue weighted by atomic mass is 32.2. The van der Waals surface area contributed by atoms with Crippen molar-refractivity contribution in [3.05, 3.63) is 53.6 Å². The van der Waals surface area contributed by atoms with Crippen LogP contribution in [0.2, 0.25) is 0 Å². The van der Waals surface area contributed by atoms with Crippen LogP contribution < -0.4 is 14.8 Å². The summed E-state index contributed by atoms with van der Waals surface area (Å²) in [6.45, 7) is 3.39. The minimum atomic E-state index is -3.59. The summed E-state index contributed by atoms with van der Waals surface area (Å²) < 4.78 is 42.7. The van der Waals surface area contributed by atoms with Gasteiger partial charge in [-0.2, -0.15) is 4.31 Å². The molecule has 0 unspecified atom stereocenters. The van der Waals surface area contributed by atoms with E-state index in [2.05, 4.69) is 5.32 Å². The van der Waals surface area contributed by atoms with E-state index in [1.54, 1.807) is 20.3 Å². The molecule has 1 fully saturated rings. The van der Waals surface area contributed by atoms with Crippen LogP contribution in [0.1, 0.15) is 35.3 Å². The molecule has 0 aromatic heterocycles. The lowest BCUT2D eigenvalue weighted by molar-refractivity contribution is 0.0730. The van der Waals surface area contributed by atoms with Crippen LogP contribution in [-0.4, -0.2) is 59.2 Å². The Kier molecular flexibility index (Phi) is 7.53. The minimum Gasteiger partial charge on any atom is -0.493 e. The topological polar surface area (TPSA) is 94.2 Å². The Hall–Kier alpha value is -2.62. The molecule has 0 radical (unpaired) electrons. The van der Waals surface area contributed by atoms with Gasteiger partial charge in [-0.05, 0) is 48.4 Å². The van der Waals surface area contributed by atoms with Gasteiger partial charge in [-0.25, -0.2) is 8.42 Å². The van der Waals surface area contributed by atoms with Gasteiger partial charge < -0.3 is 19.5 Å². The zero-order valence-electron chi connectivity index (χ0n) is 18.0. The van der Waals surface area contributed by atoms with Crippen LogP contribution in [0.15, 0.2) is 47.4 Å². The molecule has 2 aromatic carbocycles. The van der Waals surface area contributed by atoms with E-state index >= 15 is 0 Å². The number of amides is 1. The molecule has 1 aliphatic heterocycles. The molecule has 0 spiro atoms. The number of benzene rings is 2. The van der Waals surface area contributed by atoms with Crippen LogP contribution in [0.5, 0.6) is 11.5 Å². The fourth-order valence-corrected chi connectivity index (χ4v) is 4.85. The van der Waals surface area contributed by atoms with Crippen molar-refractivity contribution < 1.29 is 27.4 Å². The standard InChI is InChI=1S/C22H28N2O6S/c1-4-19(17-7-10-20(28-2)21(15-17)29-3)23-22(25)16-5-8-18(9-6-16)31(26,27)24-11-13-30-14-12-24/h5-10,15,19H,4,11-14H2,1-3H3,(H,23,25)/t19-/m0/s1. The van der Waals surface area contributed by atoms with E-state index in [0.29, 0.717) is 49.8 Å². The van der Waals surface area contributed by atoms with Crippen LogP contribution in [0.25, 0.3) is 0 Å². The number of rotatable bonds is 8. The average Bonchev–Trinajstić information content (AvgIpc) is 2.82. The first-order valence-electron chi connectivity index (χ1n) is 10.1. The van der Waals surface area contributed by atoms with Gasteiger partial charge in [-0.1, -0.05) is 13.0 Å². The number of methoxy groups -OCH3 is 2. The molecule has 0 bridgehead atoms. The number of morpholine rings is 1. The van der Waals surface area contributed by atoms with E-state index in [1.165, 1.54) is 28.6 Å². The van der Waals surface area contributed by atoms with E-state index in [1.807, 2.05) is 19.1 Å². The Morgan fingerprint density at radius 2 is 1.71 bits per heavy atom. The highest BCUT2D eigenvalue weighted by Crippen LogP contribution is 2.31. The maximum absolute atomic E-state index is 12.8. The number of hydrogen-bond donors (Lipinski definition) is 1. The summed E-state index contributed by atoms with van der Waals surface area (Å²) in [4.78, 5) is 12.9. The molecule has 2 aromatic rings. The largest absolute Gasteiger partial charge is 0.493 e. The minimum absolute atomic E-state index is 0.165. The first-order valence-corrected chi connectivity index (χ1v) is 11.6. The summed E-state index contributed by atoms with van der Waals surface area (Å²) in [7, 11) is -0.462. The van der Waals surface area contributed by atoms with Gasteiger partial charge in [0.1, 0.15) is 0 Å². The van der Waals surface area contributed by atoms with E-state index in [-0.39, 0.29) is 16.8 Å². The molecule has 8 nitrogen and oxygen atoms in total. The predicted octanol–water partition coefficient (Wildman–Crippen LogP) is 2.61. The summed E-state index contributed by atoms with van der Waals surface area (Å²) in [5, 5.41) is 3.00. The van der Waals surface area contributed by atoms with E-state index in [0.717, 1.165) is 5.56 Å². The summed E-state index contributed by atoms with van der Waals surface area (Å²) in [6, 6.07) is 11.3. The number of hydrogen-bond acceptors (Lipinski definition) is 6. The molecular formula is C22H28N2O6S. The highest BCUT2D eigenvalue weighted by Gasteiger charge is 2.26. The van der Waals surface area contributed by atoms with Crippen molar-refractivity contribution in [2.24, 2.45) is 0 Å². The lowest BCUT2D eigenvalue weighted by Crippen LogP contribution is -2.40. The maximum atomic E-state index is 12.8. The molecule has 1 heterocycles. The van der Waals surface area contributed by atoms with Crippen LogP contribution in [0, 0.1) is 0 Å².